The van der Waals surface area contributed by atoms with Gasteiger partial charge < -0.3 is 5.11 Å². The SMILES string of the molecule is O=C(C[C@@H]1CCC[C@H](C(=O)O)C1)c1cccc(F)c1. The Kier molecular flexibility index (Phi) is 4.30. The summed E-state index contributed by atoms with van der Waals surface area (Å²) in [5.74, 6) is -1.53. The zero-order valence-corrected chi connectivity index (χ0v) is 10.6. The van der Waals surface area contributed by atoms with Crippen LogP contribution in [-0.4, -0.2) is 16.9 Å². The molecule has 1 aliphatic rings. The molecule has 3 nitrogen and oxygen atoms in total. The predicted octanol–water partition coefficient (Wildman–Crippen LogP) is 3.29. The van der Waals surface area contributed by atoms with Crippen molar-refractivity contribution in [3.8, 4) is 0 Å². The van der Waals surface area contributed by atoms with Crippen molar-refractivity contribution in [2.24, 2.45) is 11.8 Å². The molecule has 1 aromatic carbocycles. The quantitative estimate of drug-likeness (QED) is 0.849. The fourth-order valence-corrected chi connectivity index (χ4v) is 2.74. The van der Waals surface area contributed by atoms with E-state index in [2.05, 4.69) is 0 Å². The Labute approximate surface area is 111 Å². The monoisotopic (exact) mass is 264 g/mol. The first-order chi connectivity index (χ1) is 9.06. The molecule has 102 valence electrons. The zero-order valence-electron chi connectivity index (χ0n) is 10.6. The fourth-order valence-electron chi connectivity index (χ4n) is 2.74. The largest absolute Gasteiger partial charge is 0.481 e. The molecular weight excluding hydrogens is 247 g/mol. The number of hydrogen-bond donors (Lipinski definition) is 1. The third kappa shape index (κ3) is 3.63. The predicted molar refractivity (Wildman–Crippen MR) is 68.4 cm³/mol. The maximum atomic E-state index is 13.0. The van der Waals surface area contributed by atoms with Gasteiger partial charge in [-0.25, -0.2) is 4.39 Å². The van der Waals surface area contributed by atoms with Crippen molar-refractivity contribution in [2.45, 2.75) is 32.1 Å². The minimum Gasteiger partial charge on any atom is -0.481 e. The summed E-state index contributed by atoms with van der Waals surface area (Å²) in [6, 6.07) is 5.66. The lowest BCUT2D eigenvalue weighted by atomic mass is 9.78. The van der Waals surface area contributed by atoms with Crippen LogP contribution in [0.25, 0.3) is 0 Å². The van der Waals surface area contributed by atoms with Gasteiger partial charge in [-0.05, 0) is 37.3 Å². The standard InChI is InChI=1S/C15H17FO3/c16-13-6-2-4-11(9-13)14(17)8-10-3-1-5-12(7-10)15(18)19/h2,4,6,9-10,12H,1,3,5,7-8H2,(H,18,19)/t10-,12+/m1/s1. The summed E-state index contributed by atoms with van der Waals surface area (Å²) in [5, 5.41) is 9.01. The van der Waals surface area contributed by atoms with E-state index in [1.54, 1.807) is 6.07 Å². The average Bonchev–Trinajstić information content (AvgIpc) is 2.39. The third-order valence-corrected chi connectivity index (χ3v) is 3.75. The number of benzene rings is 1. The maximum absolute atomic E-state index is 13.0. The van der Waals surface area contributed by atoms with Crippen molar-refractivity contribution in [1.29, 1.82) is 0 Å². The van der Waals surface area contributed by atoms with E-state index in [-0.39, 0.29) is 17.6 Å². The summed E-state index contributed by atoms with van der Waals surface area (Å²) >= 11 is 0. The van der Waals surface area contributed by atoms with Crippen LogP contribution in [0.5, 0.6) is 0 Å². The van der Waals surface area contributed by atoms with E-state index in [1.165, 1.54) is 18.2 Å². The maximum Gasteiger partial charge on any atom is 0.306 e. The van der Waals surface area contributed by atoms with Gasteiger partial charge in [0.2, 0.25) is 0 Å². The van der Waals surface area contributed by atoms with E-state index in [4.69, 9.17) is 5.11 Å². The van der Waals surface area contributed by atoms with Crippen molar-refractivity contribution < 1.29 is 19.1 Å². The van der Waals surface area contributed by atoms with Crippen molar-refractivity contribution in [2.75, 3.05) is 0 Å². The molecule has 1 aromatic rings. The summed E-state index contributed by atoms with van der Waals surface area (Å²) in [6.07, 6.45) is 3.28. The minimum absolute atomic E-state index is 0.101. The number of rotatable bonds is 4. The first-order valence-corrected chi connectivity index (χ1v) is 6.58. The van der Waals surface area contributed by atoms with E-state index in [0.29, 0.717) is 24.8 Å². The Morgan fingerprint density at radius 3 is 2.79 bits per heavy atom. The summed E-state index contributed by atoms with van der Waals surface area (Å²) in [4.78, 5) is 23.0. The van der Waals surface area contributed by atoms with Crippen LogP contribution in [0.3, 0.4) is 0 Å². The van der Waals surface area contributed by atoms with E-state index >= 15 is 0 Å². The van der Waals surface area contributed by atoms with Gasteiger partial charge in [0.05, 0.1) is 5.92 Å². The summed E-state index contributed by atoms with van der Waals surface area (Å²) in [6.45, 7) is 0. The number of ketones is 1. The van der Waals surface area contributed by atoms with Gasteiger partial charge in [-0.15, -0.1) is 0 Å². The molecule has 1 fully saturated rings. The molecule has 0 heterocycles. The second-order valence-electron chi connectivity index (χ2n) is 5.21. The Balaban J connectivity index is 1.97. The number of Topliss-reactive ketones (excluding diaryl/α,β-unsaturated/α-hetero) is 1. The second kappa shape index (κ2) is 5.95. The first kappa shape index (κ1) is 13.7. The van der Waals surface area contributed by atoms with Crippen LogP contribution in [0.1, 0.15) is 42.5 Å². The van der Waals surface area contributed by atoms with Crippen LogP contribution >= 0.6 is 0 Å². The van der Waals surface area contributed by atoms with Gasteiger partial charge in [0.15, 0.2) is 5.78 Å². The smallest absolute Gasteiger partial charge is 0.306 e. The Hall–Kier alpha value is -1.71. The number of carbonyl (C=O) groups excluding carboxylic acids is 1. The lowest BCUT2D eigenvalue weighted by molar-refractivity contribution is -0.143. The molecule has 0 bridgehead atoms. The lowest BCUT2D eigenvalue weighted by Crippen LogP contribution is -2.24. The number of halogens is 1. The number of carboxylic acid groups (broad SMARTS) is 1. The lowest BCUT2D eigenvalue weighted by Gasteiger charge is -2.26. The minimum atomic E-state index is -0.775. The average molecular weight is 264 g/mol. The van der Waals surface area contributed by atoms with Gasteiger partial charge in [0.1, 0.15) is 5.82 Å². The normalized spacial score (nSPS) is 23.0. The molecule has 2 rings (SSSR count). The molecule has 0 aliphatic heterocycles. The molecule has 0 spiro atoms. The molecule has 0 amide bonds. The van der Waals surface area contributed by atoms with Crippen LogP contribution < -0.4 is 0 Å². The molecule has 2 atom stereocenters. The third-order valence-electron chi connectivity index (χ3n) is 3.75. The molecule has 0 saturated heterocycles. The van der Waals surface area contributed by atoms with Gasteiger partial charge in [-0.2, -0.15) is 0 Å². The van der Waals surface area contributed by atoms with Crippen LogP contribution in [-0.2, 0) is 4.79 Å². The van der Waals surface area contributed by atoms with E-state index < -0.39 is 11.8 Å². The highest BCUT2D eigenvalue weighted by molar-refractivity contribution is 5.96. The van der Waals surface area contributed by atoms with Crippen LogP contribution in [0.4, 0.5) is 4.39 Å². The van der Waals surface area contributed by atoms with Gasteiger partial charge in [-0.1, -0.05) is 18.6 Å². The van der Waals surface area contributed by atoms with Gasteiger partial charge in [0, 0.05) is 12.0 Å². The van der Waals surface area contributed by atoms with E-state index in [9.17, 15) is 14.0 Å². The van der Waals surface area contributed by atoms with Gasteiger partial charge in [-0.3, -0.25) is 9.59 Å². The molecule has 1 aliphatic carbocycles. The van der Waals surface area contributed by atoms with Crippen molar-refractivity contribution >= 4 is 11.8 Å². The number of hydrogen-bond acceptors (Lipinski definition) is 2. The topological polar surface area (TPSA) is 54.4 Å². The van der Waals surface area contributed by atoms with Gasteiger partial charge in [0.25, 0.3) is 0 Å². The Morgan fingerprint density at radius 1 is 1.32 bits per heavy atom. The second-order valence-corrected chi connectivity index (χ2v) is 5.21. The van der Waals surface area contributed by atoms with Crippen molar-refractivity contribution in [3.63, 3.8) is 0 Å². The summed E-state index contributed by atoms with van der Waals surface area (Å²) < 4.78 is 13.0. The fraction of sp³-hybridized carbons (Fsp3) is 0.467. The number of carboxylic acids is 1. The van der Waals surface area contributed by atoms with Crippen molar-refractivity contribution in [3.05, 3.63) is 35.6 Å². The molecule has 0 radical (unpaired) electrons. The summed E-state index contributed by atoms with van der Waals surface area (Å²) in [5.41, 5.74) is 0.373. The molecule has 0 aromatic heterocycles. The molecule has 4 heteroatoms. The number of carbonyl (C=O) groups is 2. The van der Waals surface area contributed by atoms with E-state index in [1.807, 2.05) is 0 Å². The molecule has 19 heavy (non-hydrogen) atoms. The molecule has 1 N–H and O–H groups in total. The molecular formula is C15H17FO3. The van der Waals surface area contributed by atoms with Crippen LogP contribution in [0.2, 0.25) is 0 Å². The highest BCUT2D eigenvalue weighted by Crippen LogP contribution is 2.32. The highest BCUT2D eigenvalue weighted by atomic mass is 19.1. The molecule has 1 saturated carbocycles. The van der Waals surface area contributed by atoms with Crippen LogP contribution in [0.15, 0.2) is 24.3 Å². The Bertz CT molecular complexity index is 484. The highest BCUT2D eigenvalue weighted by Gasteiger charge is 2.28. The number of aliphatic carboxylic acids is 1. The van der Waals surface area contributed by atoms with Crippen LogP contribution in [0, 0.1) is 17.7 Å². The van der Waals surface area contributed by atoms with Crippen molar-refractivity contribution in [1.82, 2.24) is 0 Å². The zero-order chi connectivity index (χ0) is 13.8. The van der Waals surface area contributed by atoms with Gasteiger partial charge >= 0.3 is 5.97 Å². The Morgan fingerprint density at radius 2 is 2.11 bits per heavy atom. The van der Waals surface area contributed by atoms with E-state index in [0.717, 1.165) is 12.8 Å². The summed E-state index contributed by atoms with van der Waals surface area (Å²) in [7, 11) is 0. The molecule has 0 unspecified atom stereocenters. The first-order valence-electron chi connectivity index (χ1n) is 6.58.